The molecule has 0 aromatic carbocycles. The molecule has 0 bridgehead atoms. The van der Waals surface area contributed by atoms with Gasteiger partial charge in [-0.15, -0.1) is 0 Å². The summed E-state index contributed by atoms with van der Waals surface area (Å²) in [5.74, 6) is 1.08. The lowest BCUT2D eigenvalue weighted by molar-refractivity contribution is 0.327. The fourth-order valence-electron chi connectivity index (χ4n) is 0.682. The average Bonchev–Trinajstić information content (AvgIpc) is 2.48. The quantitative estimate of drug-likeness (QED) is 0.641. The molecule has 0 spiro atoms. The van der Waals surface area contributed by atoms with Gasteiger partial charge in [-0.2, -0.15) is 0 Å². The summed E-state index contributed by atoms with van der Waals surface area (Å²) >= 11 is 0. The molecule has 0 fully saturated rings. The summed E-state index contributed by atoms with van der Waals surface area (Å²) in [6.45, 7) is 0. The van der Waals surface area contributed by atoms with Gasteiger partial charge in [-0.1, -0.05) is 0 Å². The molecule has 0 aliphatic carbocycles. The van der Waals surface area contributed by atoms with Crippen LogP contribution in [0.5, 0.6) is 5.88 Å². The Morgan fingerprint density at radius 3 is 3.18 bits per heavy atom. The molecule has 1 rings (SSSR count). The maximum atomic E-state index is 9.84. The van der Waals surface area contributed by atoms with Crippen molar-refractivity contribution in [3.8, 4) is 5.88 Å². The van der Waals surface area contributed by atoms with Crippen molar-refractivity contribution < 1.29 is 14.1 Å². The molecule has 0 saturated heterocycles. The lowest BCUT2D eigenvalue weighted by atomic mass is 10.3. The molecule has 1 radical (unpaired) electrons. The molecule has 0 aliphatic heterocycles. The van der Waals surface area contributed by atoms with E-state index in [1.54, 1.807) is 12.4 Å². The number of aryl methyl sites for hydroxylation is 1. The number of aromatic nitrogens is 1. The molecule has 0 aliphatic rings. The minimum absolute atomic E-state index is 0.332. The molecular formula is C7H8NO3. The molecule has 0 saturated carbocycles. The third-order valence-corrected chi connectivity index (χ3v) is 1.22. The van der Waals surface area contributed by atoms with Crippen molar-refractivity contribution in [2.75, 3.05) is 7.11 Å². The first-order valence-electron chi connectivity index (χ1n) is 3.21. The van der Waals surface area contributed by atoms with E-state index in [0.29, 0.717) is 24.5 Å². The monoisotopic (exact) mass is 154 g/mol. The second-order valence-corrected chi connectivity index (χ2v) is 1.98. The fourth-order valence-corrected chi connectivity index (χ4v) is 0.682. The van der Waals surface area contributed by atoms with Crippen LogP contribution in [-0.4, -0.2) is 18.6 Å². The molecule has 0 amide bonds. The zero-order chi connectivity index (χ0) is 8.10. The summed E-state index contributed by atoms with van der Waals surface area (Å²) in [6, 6.07) is 1.65. The van der Waals surface area contributed by atoms with Crippen LogP contribution in [-0.2, 0) is 11.2 Å². The Balaban J connectivity index is 2.50. The van der Waals surface area contributed by atoms with Crippen molar-refractivity contribution >= 4 is 6.29 Å². The van der Waals surface area contributed by atoms with Crippen LogP contribution < -0.4 is 4.74 Å². The second kappa shape index (κ2) is 3.75. The summed E-state index contributed by atoms with van der Waals surface area (Å²) in [7, 11) is 1.51. The van der Waals surface area contributed by atoms with Crippen molar-refractivity contribution in [1.29, 1.82) is 0 Å². The van der Waals surface area contributed by atoms with E-state index >= 15 is 0 Å². The molecule has 4 nitrogen and oxygen atoms in total. The molecule has 1 aromatic rings. The van der Waals surface area contributed by atoms with E-state index in [4.69, 9.17) is 9.26 Å². The van der Waals surface area contributed by atoms with E-state index in [2.05, 4.69) is 5.16 Å². The van der Waals surface area contributed by atoms with Crippen LogP contribution in [0.1, 0.15) is 12.2 Å². The van der Waals surface area contributed by atoms with Crippen molar-refractivity contribution in [1.82, 2.24) is 5.16 Å². The van der Waals surface area contributed by atoms with Gasteiger partial charge in [0.25, 0.3) is 5.88 Å². The lowest BCUT2D eigenvalue weighted by Gasteiger charge is -1.84. The van der Waals surface area contributed by atoms with Gasteiger partial charge in [0.2, 0.25) is 0 Å². The highest BCUT2D eigenvalue weighted by Crippen LogP contribution is 2.11. The van der Waals surface area contributed by atoms with E-state index in [1.807, 2.05) is 0 Å². The minimum atomic E-state index is 0.332. The smallest absolute Gasteiger partial charge is 0.254 e. The first kappa shape index (κ1) is 7.78. The van der Waals surface area contributed by atoms with E-state index in [1.165, 1.54) is 7.11 Å². The Morgan fingerprint density at radius 1 is 1.82 bits per heavy atom. The standard InChI is InChI=1S/C7H8NO3/c1-10-7-5-6(11-8-7)3-2-4-9/h5H,2-3H2,1H3. The average molecular weight is 154 g/mol. The Labute approximate surface area is 64.1 Å². The van der Waals surface area contributed by atoms with Gasteiger partial charge in [0.05, 0.1) is 7.11 Å². The summed E-state index contributed by atoms with van der Waals surface area (Å²) in [6.07, 6.45) is 2.62. The molecule has 1 heterocycles. The first-order chi connectivity index (χ1) is 5.36. The van der Waals surface area contributed by atoms with Crippen LogP contribution in [0.2, 0.25) is 0 Å². The van der Waals surface area contributed by atoms with E-state index < -0.39 is 0 Å². The topological polar surface area (TPSA) is 52.3 Å². The molecule has 59 valence electrons. The highest BCUT2D eigenvalue weighted by atomic mass is 16.5. The number of ether oxygens (including phenoxy) is 1. The Morgan fingerprint density at radius 2 is 2.64 bits per heavy atom. The molecule has 4 heteroatoms. The third kappa shape index (κ3) is 2.07. The molecular weight excluding hydrogens is 146 g/mol. The van der Waals surface area contributed by atoms with Gasteiger partial charge >= 0.3 is 0 Å². The van der Waals surface area contributed by atoms with Crippen molar-refractivity contribution in [2.45, 2.75) is 12.8 Å². The molecule has 1 aromatic heterocycles. The normalized spacial score (nSPS) is 9.55. The molecule has 0 atom stereocenters. The van der Waals surface area contributed by atoms with Gasteiger partial charge < -0.3 is 9.26 Å². The number of carbonyl (C=O) groups excluding carboxylic acids is 1. The minimum Gasteiger partial charge on any atom is -0.479 e. The number of nitrogens with zero attached hydrogens (tertiary/aromatic N) is 1. The lowest BCUT2D eigenvalue weighted by Crippen LogP contribution is -1.81. The predicted octanol–water partition coefficient (Wildman–Crippen LogP) is 0.725. The maximum absolute atomic E-state index is 9.84. The summed E-state index contributed by atoms with van der Waals surface area (Å²) in [5.41, 5.74) is 0. The molecule has 0 N–H and O–H groups in total. The van der Waals surface area contributed by atoms with Crippen molar-refractivity contribution in [2.24, 2.45) is 0 Å². The number of hydrogen-bond donors (Lipinski definition) is 0. The molecule has 11 heavy (non-hydrogen) atoms. The van der Waals surface area contributed by atoms with Crippen molar-refractivity contribution in [3.05, 3.63) is 11.8 Å². The van der Waals surface area contributed by atoms with Crippen LogP contribution in [0.15, 0.2) is 10.6 Å². The SMILES string of the molecule is COc1cc(CC[C]=O)on1. The largest absolute Gasteiger partial charge is 0.479 e. The Kier molecular flexibility index (Phi) is 2.66. The summed E-state index contributed by atoms with van der Waals surface area (Å²) < 4.78 is 9.58. The van der Waals surface area contributed by atoms with Gasteiger partial charge in [-0.05, 0) is 5.16 Å². The number of methoxy groups -OCH3 is 1. The fraction of sp³-hybridized carbons (Fsp3) is 0.429. The van der Waals surface area contributed by atoms with Crippen LogP contribution in [0, 0.1) is 0 Å². The number of hydrogen-bond acceptors (Lipinski definition) is 4. The third-order valence-electron chi connectivity index (χ3n) is 1.22. The zero-order valence-corrected chi connectivity index (χ0v) is 6.16. The molecule has 0 unspecified atom stereocenters. The van der Waals surface area contributed by atoms with Gasteiger partial charge in [-0.25, -0.2) is 0 Å². The van der Waals surface area contributed by atoms with Crippen LogP contribution in [0.4, 0.5) is 0 Å². The predicted molar refractivity (Wildman–Crippen MR) is 37.1 cm³/mol. The van der Waals surface area contributed by atoms with E-state index in [0.717, 1.165) is 0 Å². The highest BCUT2D eigenvalue weighted by molar-refractivity contribution is 5.50. The van der Waals surface area contributed by atoms with Gasteiger partial charge in [0.15, 0.2) is 6.29 Å². The van der Waals surface area contributed by atoms with Crippen LogP contribution >= 0.6 is 0 Å². The zero-order valence-electron chi connectivity index (χ0n) is 6.16. The van der Waals surface area contributed by atoms with Crippen LogP contribution in [0.3, 0.4) is 0 Å². The van der Waals surface area contributed by atoms with Crippen molar-refractivity contribution in [3.63, 3.8) is 0 Å². The Hall–Kier alpha value is -1.32. The Bertz CT molecular complexity index is 231. The summed E-state index contributed by atoms with van der Waals surface area (Å²) in [4.78, 5) is 9.84. The summed E-state index contributed by atoms with van der Waals surface area (Å²) in [5, 5.41) is 3.56. The van der Waals surface area contributed by atoms with E-state index in [-0.39, 0.29) is 0 Å². The van der Waals surface area contributed by atoms with Crippen LogP contribution in [0.25, 0.3) is 0 Å². The number of rotatable bonds is 4. The first-order valence-corrected chi connectivity index (χ1v) is 3.21. The van der Waals surface area contributed by atoms with Gasteiger partial charge in [0.1, 0.15) is 5.76 Å². The van der Waals surface area contributed by atoms with Gasteiger partial charge in [-0.3, -0.25) is 4.79 Å². The van der Waals surface area contributed by atoms with Gasteiger partial charge in [0, 0.05) is 18.9 Å². The second-order valence-electron chi connectivity index (χ2n) is 1.98. The van der Waals surface area contributed by atoms with E-state index in [9.17, 15) is 4.79 Å². The maximum Gasteiger partial charge on any atom is 0.254 e. The highest BCUT2D eigenvalue weighted by Gasteiger charge is 2.02.